The van der Waals surface area contributed by atoms with Gasteiger partial charge in [-0.25, -0.2) is 0 Å². The lowest BCUT2D eigenvalue weighted by atomic mass is 9.84. The molecule has 7 heteroatoms. The average Bonchev–Trinajstić information content (AvgIpc) is 2.59. The van der Waals surface area contributed by atoms with E-state index in [1.165, 1.54) is 0 Å². The highest BCUT2D eigenvalue weighted by molar-refractivity contribution is 6.32. The van der Waals surface area contributed by atoms with E-state index >= 15 is 0 Å². The van der Waals surface area contributed by atoms with Crippen molar-refractivity contribution in [2.75, 3.05) is 19.0 Å². The van der Waals surface area contributed by atoms with Crippen LogP contribution >= 0.6 is 11.6 Å². The number of benzene rings is 2. The van der Waals surface area contributed by atoms with Crippen LogP contribution in [0.2, 0.25) is 5.02 Å². The maximum atomic E-state index is 12.2. The van der Waals surface area contributed by atoms with Gasteiger partial charge < -0.3 is 20.5 Å². The first kappa shape index (κ1) is 18.1. The number of hydrogen-bond donors (Lipinski definition) is 2. The van der Waals surface area contributed by atoms with Gasteiger partial charge in [0, 0.05) is 24.1 Å². The van der Waals surface area contributed by atoms with E-state index in [1.54, 1.807) is 19.2 Å². The molecule has 0 saturated carbocycles. The summed E-state index contributed by atoms with van der Waals surface area (Å²) in [5.74, 6) is 0.315. The first-order valence-electron chi connectivity index (χ1n) is 8.08. The molecule has 2 aromatic rings. The fourth-order valence-corrected chi connectivity index (χ4v) is 3.36. The summed E-state index contributed by atoms with van der Waals surface area (Å²) in [6.45, 7) is 1.72. The number of primary amides is 1. The second-order valence-electron chi connectivity index (χ2n) is 6.16. The number of rotatable bonds is 5. The van der Waals surface area contributed by atoms with Gasteiger partial charge in [0.2, 0.25) is 5.91 Å². The Morgan fingerprint density at radius 2 is 2.08 bits per heavy atom. The van der Waals surface area contributed by atoms with Crippen LogP contribution in [0.3, 0.4) is 0 Å². The van der Waals surface area contributed by atoms with E-state index in [0.29, 0.717) is 17.2 Å². The standard InChI is InChI=1S/C19H19ClN2O4/c1-10-5-13-12(7-19(24)22-15(13)8-17(10)25-2)11-3-4-16(14(20)6-11)26-9-18(21)23/h3-6,8,12H,7,9H2,1-2H3,(H2,21,23)(H,22,24). The lowest BCUT2D eigenvalue weighted by Gasteiger charge is -2.27. The molecule has 0 spiro atoms. The first-order chi connectivity index (χ1) is 12.4. The van der Waals surface area contributed by atoms with Gasteiger partial charge in [0.25, 0.3) is 5.91 Å². The van der Waals surface area contributed by atoms with E-state index in [0.717, 1.165) is 28.1 Å². The van der Waals surface area contributed by atoms with Crippen molar-refractivity contribution in [2.24, 2.45) is 5.73 Å². The van der Waals surface area contributed by atoms with Crippen LogP contribution in [-0.2, 0) is 9.59 Å². The predicted octanol–water partition coefficient (Wildman–Crippen LogP) is 3.00. The largest absolute Gasteiger partial charge is 0.496 e. The number of carbonyl (C=O) groups is 2. The molecule has 2 aromatic carbocycles. The molecule has 0 aromatic heterocycles. The number of amides is 2. The fraction of sp³-hybridized carbons (Fsp3) is 0.263. The Hall–Kier alpha value is -2.73. The molecule has 1 aliphatic heterocycles. The van der Waals surface area contributed by atoms with Crippen molar-refractivity contribution in [1.82, 2.24) is 0 Å². The molecular formula is C19H19ClN2O4. The summed E-state index contributed by atoms with van der Waals surface area (Å²) in [6.07, 6.45) is 0.316. The predicted molar refractivity (Wildman–Crippen MR) is 99.0 cm³/mol. The Morgan fingerprint density at radius 1 is 1.31 bits per heavy atom. The summed E-state index contributed by atoms with van der Waals surface area (Å²) < 4.78 is 10.6. The van der Waals surface area contributed by atoms with Gasteiger partial charge in [0.1, 0.15) is 11.5 Å². The third-order valence-electron chi connectivity index (χ3n) is 4.33. The van der Waals surface area contributed by atoms with Gasteiger partial charge >= 0.3 is 0 Å². The molecule has 136 valence electrons. The number of anilines is 1. The SMILES string of the molecule is COc1cc2c(cc1C)C(c1ccc(OCC(N)=O)c(Cl)c1)CC(=O)N2. The summed E-state index contributed by atoms with van der Waals surface area (Å²) in [5.41, 5.74) is 8.70. The molecule has 26 heavy (non-hydrogen) atoms. The van der Waals surface area contributed by atoms with Crippen LogP contribution in [0.25, 0.3) is 0 Å². The molecule has 2 amide bonds. The van der Waals surface area contributed by atoms with Crippen LogP contribution in [0.4, 0.5) is 5.69 Å². The summed E-state index contributed by atoms with van der Waals surface area (Å²) in [7, 11) is 1.60. The summed E-state index contributed by atoms with van der Waals surface area (Å²) in [6, 6.07) is 9.13. The maximum absolute atomic E-state index is 12.2. The van der Waals surface area contributed by atoms with Crippen LogP contribution in [0.5, 0.6) is 11.5 Å². The Bertz CT molecular complexity index is 882. The molecule has 1 heterocycles. The van der Waals surface area contributed by atoms with Crippen molar-refractivity contribution in [3.05, 3.63) is 52.0 Å². The Morgan fingerprint density at radius 3 is 2.73 bits per heavy atom. The van der Waals surface area contributed by atoms with Crippen molar-refractivity contribution in [1.29, 1.82) is 0 Å². The van der Waals surface area contributed by atoms with Gasteiger partial charge in [-0.3, -0.25) is 9.59 Å². The Kier molecular flexibility index (Phi) is 5.04. The minimum Gasteiger partial charge on any atom is -0.496 e. The van der Waals surface area contributed by atoms with Gasteiger partial charge in [-0.05, 0) is 41.8 Å². The molecule has 0 saturated heterocycles. The van der Waals surface area contributed by atoms with Gasteiger partial charge in [0.05, 0.1) is 12.1 Å². The van der Waals surface area contributed by atoms with E-state index < -0.39 is 5.91 Å². The zero-order chi connectivity index (χ0) is 18.8. The van der Waals surface area contributed by atoms with E-state index in [2.05, 4.69) is 5.32 Å². The minimum absolute atomic E-state index is 0.0708. The maximum Gasteiger partial charge on any atom is 0.255 e. The van der Waals surface area contributed by atoms with Gasteiger partial charge in [0.15, 0.2) is 6.61 Å². The van der Waals surface area contributed by atoms with Gasteiger partial charge in [-0.1, -0.05) is 17.7 Å². The van der Waals surface area contributed by atoms with Crippen molar-refractivity contribution < 1.29 is 19.1 Å². The molecule has 6 nitrogen and oxygen atoms in total. The molecule has 0 fully saturated rings. The van der Waals surface area contributed by atoms with Gasteiger partial charge in [-0.2, -0.15) is 0 Å². The topological polar surface area (TPSA) is 90.7 Å². The first-order valence-corrected chi connectivity index (χ1v) is 8.45. The quantitative estimate of drug-likeness (QED) is 0.841. The van der Waals surface area contributed by atoms with Gasteiger partial charge in [-0.15, -0.1) is 0 Å². The van der Waals surface area contributed by atoms with E-state index in [9.17, 15) is 9.59 Å². The molecule has 0 radical (unpaired) electrons. The zero-order valence-corrected chi connectivity index (χ0v) is 15.2. The highest BCUT2D eigenvalue weighted by atomic mass is 35.5. The molecule has 1 aliphatic rings. The van der Waals surface area contributed by atoms with Crippen molar-refractivity contribution in [2.45, 2.75) is 19.3 Å². The number of carbonyl (C=O) groups excluding carboxylic acids is 2. The summed E-state index contributed by atoms with van der Waals surface area (Å²) >= 11 is 6.28. The van der Waals surface area contributed by atoms with E-state index in [-0.39, 0.29) is 18.4 Å². The van der Waals surface area contributed by atoms with Crippen LogP contribution in [0.15, 0.2) is 30.3 Å². The number of nitrogens with two attached hydrogens (primary N) is 1. The molecule has 0 bridgehead atoms. The summed E-state index contributed by atoms with van der Waals surface area (Å²) in [5, 5.41) is 3.25. The van der Waals surface area contributed by atoms with Crippen molar-refractivity contribution in [3.8, 4) is 11.5 Å². The smallest absolute Gasteiger partial charge is 0.255 e. The highest BCUT2D eigenvalue weighted by Crippen LogP contribution is 2.41. The number of nitrogens with one attached hydrogen (secondary N) is 1. The molecule has 3 rings (SSSR count). The number of ether oxygens (including phenoxy) is 2. The molecule has 1 atom stereocenters. The lowest BCUT2D eigenvalue weighted by Crippen LogP contribution is -2.24. The Balaban J connectivity index is 1.97. The molecule has 3 N–H and O–H groups in total. The number of methoxy groups -OCH3 is 1. The number of halogens is 1. The lowest BCUT2D eigenvalue weighted by molar-refractivity contribution is -0.120. The normalized spacial score (nSPS) is 15.8. The van der Waals surface area contributed by atoms with Crippen molar-refractivity contribution >= 4 is 29.1 Å². The monoisotopic (exact) mass is 374 g/mol. The fourth-order valence-electron chi connectivity index (χ4n) is 3.12. The van der Waals surface area contributed by atoms with Crippen molar-refractivity contribution in [3.63, 3.8) is 0 Å². The van der Waals surface area contributed by atoms with E-state index in [4.69, 9.17) is 26.8 Å². The molecule has 0 aliphatic carbocycles. The number of aryl methyl sites for hydroxylation is 1. The minimum atomic E-state index is -0.576. The van der Waals surface area contributed by atoms with Crippen LogP contribution < -0.4 is 20.5 Å². The number of hydrogen-bond acceptors (Lipinski definition) is 4. The third kappa shape index (κ3) is 3.60. The Labute approximate surface area is 156 Å². The average molecular weight is 375 g/mol. The summed E-state index contributed by atoms with van der Waals surface area (Å²) in [4.78, 5) is 23.0. The molecule has 1 unspecified atom stereocenters. The second kappa shape index (κ2) is 7.25. The molecular weight excluding hydrogens is 356 g/mol. The van der Waals surface area contributed by atoms with E-state index in [1.807, 2.05) is 25.1 Å². The van der Waals surface area contributed by atoms with Crippen LogP contribution in [0, 0.1) is 6.92 Å². The van der Waals surface area contributed by atoms with Crippen LogP contribution in [-0.4, -0.2) is 25.5 Å². The number of fused-ring (bicyclic) bond motifs is 1. The second-order valence-corrected chi connectivity index (χ2v) is 6.57. The third-order valence-corrected chi connectivity index (χ3v) is 4.63. The van der Waals surface area contributed by atoms with Crippen LogP contribution in [0.1, 0.15) is 29.0 Å². The zero-order valence-electron chi connectivity index (χ0n) is 14.5. The highest BCUT2D eigenvalue weighted by Gasteiger charge is 2.28.